The Morgan fingerprint density at radius 1 is 0.625 bits per heavy atom. The number of para-hydroxylation sites is 1. The van der Waals surface area contributed by atoms with Gasteiger partial charge in [-0.05, 0) is 77.4 Å². The van der Waals surface area contributed by atoms with E-state index in [0.717, 1.165) is 22.6 Å². The maximum Gasteiger partial charge on any atom is 0.404 e. The molecule has 0 aliphatic heterocycles. The van der Waals surface area contributed by atoms with Gasteiger partial charge in [0.1, 0.15) is 48.8 Å². The summed E-state index contributed by atoms with van der Waals surface area (Å²) in [6, 6.07) is 24.0. The number of primary amides is 1. The van der Waals surface area contributed by atoms with Crippen LogP contribution in [0.1, 0.15) is 22.5 Å². The van der Waals surface area contributed by atoms with Crippen molar-refractivity contribution in [3.05, 3.63) is 168 Å². The highest BCUT2D eigenvalue weighted by atomic mass is 35.5. The minimum Gasteiger partial charge on any atom is -0.487 e. The van der Waals surface area contributed by atoms with E-state index in [1.165, 1.54) is 36.4 Å². The number of rotatable bonds is 11. The van der Waals surface area contributed by atoms with Gasteiger partial charge in [0, 0.05) is 59.8 Å². The summed E-state index contributed by atoms with van der Waals surface area (Å²) in [6.07, 6.45) is 9.69. The van der Waals surface area contributed by atoms with Gasteiger partial charge in [-0.2, -0.15) is 0 Å². The summed E-state index contributed by atoms with van der Waals surface area (Å²) in [7, 11) is 0. The van der Waals surface area contributed by atoms with Crippen molar-refractivity contribution in [2.75, 3.05) is 0 Å². The number of benzene rings is 4. The number of fused-ring (bicyclic) bond motifs is 2. The van der Waals surface area contributed by atoms with Crippen LogP contribution < -0.4 is 15.2 Å². The van der Waals surface area contributed by atoms with Crippen LogP contribution in [0.5, 0.6) is 11.5 Å². The van der Waals surface area contributed by atoms with Gasteiger partial charge in [-0.3, -0.25) is 8.80 Å². The summed E-state index contributed by atoms with van der Waals surface area (Å²) in [6.45, 7) is 0.394. The van der Waals surface area contributed by atoms with Crippen molar-refractivity contribution in [1.29, 1.82) is 0 Å². The largest absolute Gasteiger partial charge is 0.487 e. The molecule has 2 N–H and O–H groups in total. The molecule has 0 atom stereocenters. The number of ether oxygens (including phenoxy) is 3. The molecule has 0 saturated heterocycles. The van der Waals surface area contributed by atoms with Crippen molar-refractivity contribution in [2.45, 2.75) is 25.7 Å². The topological polar surface area (TPSA) is 131 Å². The number of halogens is 4. The molecule has 4 heterocycles. The van der Waals surface area contributed by atoms with Gasteiger partial charge < -0.3 is 19.9 Å². The fourth-order valence-corrected chi connectivity index (χ4v) is 5.94. The van der Waals surface area contributed by atoms with Crippen LogP contribution in [0.25, 0.3) is 33.8 Å². The number of hydrogen-bond donors (Lipinski definition) is 1. The molecule has 8 rings (SSSR count). The maximum absolute atomic E-state index is 13.7. The van der Waals surface area contributed by atoms with Crippen LogP contribution in [-0.4, -0.2) is 34.8 Å². The second-order valence-electron chi connectivity index (χ2n) is 12.3. The Bertz CT molecular complexity index is 2620. The number of hydrogen-bond acceptors (Lipinski definition) is 8. The van der Waals surface area contributed by atoms with E-state index >= 15 is 0 Å². The lowest BCUT2D eigenvalue weighted by molar-refractivity contribution is 0.150. The lowest BCUT2D eigenvalue weighted by Gasteiger charge is -2.10. The highest BCUT2D eigenvalue weighted by Gasteiger charge is 2.13. The van der Waals surface area contributed by atoms with E-state index < -0.39 is 11.9 Å². The Morgan fingerprint density at radius 3 is 1.66 bits per heavy atom. The van der Waals surface area contributed by atoms with E-state index in [0.29, 0.717) is 51.9 Å². The zero-order valence-electron chi connectivity index (χ0n) is 29.4. The van der Waals surface area contributed by atoms with E-state index in [9.17, 15) is 18.0 Å². The van der Waals surface area contributed by atoms with Gasteiger partial charge in [0.05, 0.1) is 11.4 Å². The fraction of sp³-hybridized carbons (Fsp3) is 0.0976. The first-order valence-corrected chi connectivity index (χ1v) is 17.5. The number of imidazole rings is 2. The summed E-state index contributed by atoms with van der Waals surface area (Å²) in [5.74, 6) is 1.46. The highest BCUT2D eigenvalue weighted by molar-refractivity contribution is 6.17. The van der Waals surface area contributed by atoms with Gasteiger partial charge in [0.25, 0.3) is 0 Å². The number of nitrogens with zero attached hydrogens (tertiary/aromatic N) is 6. The van der Waals surface area contributed by atoms with Gasteiger partial charge >= 0.3 is 6.09 Å². The Morgan fingerprint density at radius 2 is 1.12 bits per heavy atom. The summed E-state index contributed by atoms with van der Waals surface area (Å²) < 4.78 is 59.7. The van der Waals surface area contributed by atoms with Gasteiger partial charge in [0.15, 0.2) is 0 Å². The van der Waals surface area contributed by atoms with Crippen LogP contribution >= 0.6 is 11.6 Å². The maximum atomic E-state index is 13.7. The zero-order valence-corrected chi connectivity index (χ0v) is 30.1. The molecule has 0 spiro atoms. The normalized spacial score (nSPS) is 10.9. The fourth-order valence-electron chi connectivity index (χ4n) is 5.71. The molecule has 0 radical (unpaired) electrons. The van der Waals surface area contributed by atoms with Gasteiger partial charge in [-0.25, -0.2) is 37.9 Å². The van der Waals surface area contributed by atoms with E-state index in [1.54, 1.807) is 51.7 Å². The molecule has 0 bridgehead atoms. The summed E-state index contributed by atoms with van der Waals surface area (Å²) in [5, 5.41) is 0. The Labute approximate surface area is 322 Å². The molecular weight excluding hydrogens is 747 g/mol. The average Bonchev–Trinajstić information content (AvgIpc) is 3.82. The Balaban J connectivity index is 0.000000172. The molecule has 0 aliphatic rings. The van der Waals surface area contributed by atoms with Crippen molar-refractivity contribution >= 4 is 29.2 Å². The molecule has 4 aromatic heterocycles. The molecule has 4 aromatic carbocycles. The molecule has 0 fully saturated rings. The highest BCUT2D eigenvalue weighted by Crippen LogP contribution is 2.27. The standard InChI is InChI=1S/C21H17FN4O3.C20H14ClF2N3O/c22-16-6-7-19(14(8-16)12-29-20(23)27)15-9-24-21-25-17(11-26(21)10-15)13-28-18-4-2-1-3-5-18;21-8-13-7-16(23)3-6-19(13)14-9-24-20-25-17(11-26(20)10-14)12-27-18-4-1-15(22)2-5-18/h1-11H,12-13H2,(H2,23,27);1-7,9-11H,8,12H2. The van der Waals surface area contributed by atoms with Crippen molar-refractivity contribution in [3.63, 3.8) is 0 Å². The Hall–Kier alpha value is -6.93. The number of carbonyl (C=O) groups is 1. The molecule has 282 valence electrons. The quantitative estimate of drug-likeness (QED) is 0.129. The van der Waals surface area contributed by atoms with Crippen LogP contribution in [0, 0.1) is 17.5 Å². The zero-order chi connectivity index (χ0) is 39.0. The molecule has 15 heteroatoms. The average molecular weight is 778 g/mol. The van der Waals surface area contributed by atoms with Gasteiger partial charge in [-0.15, -0.1) is 11.6 Å². The third kappa shape index (κ3) is 9.22. The summed E-state index contributed by atoms with van der Waals surface area (Å²) in [5.41, 5.74) is 10.6. The second-order valence-corrected chi connectivity index (χ2v) is 12.5. The van der Waals surface area contributed by atoms with Crippen molar-refractivity contribution in [2.24, 2.45) is 5.73 Å². The monoisotopic (exact) mass is 777 g/mol. The van der Waals surface area contributed by atoms with Crippen LogP contribution in [0.3, 0.4) is 0 Å². The number of nitrogens with two attached hydrogens (primary N) is 1. The first-order valence-electron chi connectivity index (χ1n) is 17.0. The SMILES string of the molecule is Fc1ccc(OCc2cn3cc(-c4ccc(F)cc4CCl)cnc3n2)cc1.NC(=O)OCc1cc(F)ccc1-c1cnc2nc(COc3ccccc3)cn2c1. The van der Waals surface area contributed by atoms with Gasteiger partial charge in [0.2, 0.25) is 11.6 Å². The molecule has 56 heavy (non-hydrogen) atoms. The minimum absolute atomic E-state index is 0.138. The second kappa shape index (κ2) is 17.0. The van der Waals surface area contributed by atoms with E-state index in [2.05, 4.69) is 19.9 Å². The molecule has 11 nitrogen and oxygen atoms in total. The molecule has 0 saturated carbocycles. The van der Waals surface area contributed by atoms with Crippen LogP contribution in [0.2, 0.25) is 0 Å². The predicted octanol–water partition coefficient (Wildman–Crippen LogP) is 8.70. The van der Waals surface area contributed by atoms with Crippen molar-refractivity contribution < 1.29 is 32.2 Å². The van der Waals surface area contributed by atoms with Crippen LogP contribution in [-0.2, 0) is 30.4 Å². The Kier molecular flexibility index (Phi) is 11.4. The molecule has 8 aromatic rings. The lowest BCUT2D eigenvalue weighted by atomic mass is 10.0. The van der Waals surface area contributed by atoms with Crippen molar-refractivity contribution in [3.8, 4) is 33.8 Å². The number of amides is 1. The predicted molar refractivity (Wildman–Crippen MR) is 202 cm³/mol. The minimum atomic E-state index is -0.925. The molecule has 0 unspecified atom stereocenters. The molecule has 1 amide bonds. The number of carbonyl (C=O) groups excluding carboxylic acids is 1. The van der Waals surface area contributed by atoms with E-state index in [-0.39, 0.29) is 30.7 Å². The van der Waals surface area contributed by atoms with Crippen LogP contribution in [0.4, 0.5) is 18.0 Å². The number of alkyl halides is 1. The van der Waals surface area contributed by atoms with Crippen molar-refractivity contribution in [1.82, 2.24) is 28.7 Å². The summed E-state index contributed by atoms with van der Waals surface area (Å²) >= 11 is 5.94. The van der Waals surface area contributed by atoms with Crippen LogP contribution in [0.15, 0.2) is 128 Å². The first kappa shape index (κ1) is 37.4. The first-order chi connectivity index (χ1) is 27.2. The summed E-state index contributed by atoms with van der Waals surface area (Å²) in [4.78, 5) is 28.5. The van der Waals surface area contributed by atoms with E-state index in [1.807, 2.05) is 48.9 Å². The molecular formula is C41H31ClF3N7O4. The molecule has 0 aliphatic carbocycles. The third-order valence-electron chi connectivity index (χ3n) is 8.32. The number of aromatic nitrogens is 6. The van der Waals surface area contributed by atoms with Gasteiger partial charge in [-0.1, -0.05) is 30.3 Å². The smallest absolute Gasteiger partial charge is 0.404 e. The third-order valence-corrected chi connectivity index (χ3v) is 8.61. The lowest BCUT2D eigenvalue weighted by Crippen LogP contribution is -2.13. The van der Waals surface area contributed by atoms with E-state index in [4.69, 9.17) is 31.5 Å².